The molecule has 25 heavy (non-hydrogen) atoms. The molecule has 0 radical (unpaired) electrons. The van der Waals surface area contributed by atoms with Crippen LogP contribution in [0, 0.1) is 0 Å². The van der Waals surface area contributed by atoms with Crippen LogP contribution in [-0.2, 0) is 17.8 Å². The number of halogens is 1. The summed E-state index contributed by atoms with van der Waals surface area (Å²) >= 11 is 5.90. The van der Waals surface area contributed by atoms with Gasteiger partial charge in [-0.05, 0) is 36.4 Å². The maximum absolute atomic E-state index is 12.5. The van der Waals surface area contributed by atoms with E-state index in [4.69, 9.17) is 16.0 Å². The topological polar surface area (TPSA) is 83.0 Å². The van der Waals surface area contributed by atoms with Gasteiger partial charge in [0.25, 0.3) is 0 Å². The van der Waals surface area contributed by atoms with Gasteiger partial charge in [-0.3, -0.25) is 4.79 Å². The Kier molecular flexibility index (Phi) is 4.29. The van der Waals surface area contributed by atoms with Crippen molar-refractivity contribution in [1.29, 1.82) is 0 Å². The van der Waals surface area contributed by atoms with E-state index in [0.29, 0.717) is 17.3 Å². The van der Waals surface area contributed by atoms with E-state index in [1.807, 2.05) is 36.4 Å². The zero-order valence-corrected chi connectivity index (χ0v) is 14.1. The highest BCUT2D eigenvalue weighted by Crippen LogP contribution is 2.24. The van der Waals surface area contributed by atoms with E-state index in [9.17, 15) is 4.79 Å². The fourth-order valence-electron chi connectivity index (χ4n) is 2.95. The van der Waals surface area contributed by atoms with Gasteiger partial charge in [0.05, 0.1) is 18.6 Å². The maximum atomic E-state index is 12.5. The van der Waals surface area contributed by atoms with E-state index >= 15 is 0 Å². The molecule has 7 heteroatoms. The molecule has 3 heterocycles. The van der Waals surface area contributed by atoms with Crippen molar-refractivity contribution < 1.29 is 9.21 Å². The molecular weight excluding hydrogens is 340 g/mol. The van der Waals surface area contributed by atoms with Gasteiger partial charge in [-0.25, -0.2) is 4.98 Å². The van der Waals surface area contributed by atoms with Crippen molar-refractivity contribution in [2.24, 2.45) is 0 Å². The SMILES string of the molecule is O=C(NCc1ccc(-c2ccc(Cl)cc2)o1)C1NCCc2[nH]cnc21. The Bertz CT molecular complexity index is 885. The zero-order chi connectivity index (χ0) is 17.2. The molecule has 4 rings (SSSR count). The maximum Gasteiger partial charge on any atom is 0.243 e. The molecule has 0 bridgehead atoms. The number of H-pyrrole nitrogens is 1. The van der Waals surface area contributed by atoms with Crippen molar-refractivity contribution in [3.05, 3.63) is 64.9 Å². The number of fused-ring (bicyclic) bond motifs is 1. The third-order valence-corrected chi connectivity index (χ3v) is 4.49. The number of nitrogens with zero attached hydrogens (tertiary/aromatic N) is 1. The summed E-state index contributed by atoms with van der Waals surface area (Å²) < 4.78 is 5.80. The largest absolute Gasteiger partial charge is 0.459 e. The third-order valence-electron chi connectivity index (χ3n) is 4.24. The number of hydrogen-bond donors (Lipinski definition) is 3. The second-order valence-corrected chi connectivity index (χ2v) is 6.33. The van der Waals surface area contributed by atoms with E-state index in [2.05, 4.69) is 20.6 Å². The summed E-state index contributed by atoms with van der Waals surface area (Å²) in [6.07, 6.45) is 2.48. The normalized spacial score (nSPS) is 16.4. The lowest BCUT2D eigenvalue weighted by molar-refractivity contribution is -0.123. The van der Waals surface area contributed by atoms with Crippen LogP contribution < -0.4 is 10.6 Å². The average Bonchev–Trinajstić information content (AvgIpc) is 3.29. The highest BCUT2D eigenvalue weighted by Gasteiger charge is 2.28. The van der Waals surface area contributed by atoms with Gasteiger partial charge in [0.2, 0.25) is 5.91 Å². The molecule has 1 unspecified atom stereocenters. The molecular formula is C18H17ClN4O2. The first-order valence-electron chi connectivity index (χ1n) is 8.08. The number of rotatable bonds is 4. The first kappa shape index (κ1) is 15.9. The number of carbonyl (C=O) groups excluding carboxylic acids is 1. The molecule has 1 aliphatic heterocycles. The highest BCUT2D eigenvalue weighted by atomic mass is 35.5. The van der Waals surface area contributed by atoms with E-state index in [0.717, 1.165) is 35.7 Å². The summed E-state index contributed by atoms with van der Waals surface area (Å²) in [5.41, 5.74) is 2.73. The predicted molar refractivity (Wildman–Crippen MR) is 94.0 cm³/mol. The molecule has 1 aliphatic rings. The van der Waals surface area contributed by atoms with Gasteiger partial charge in [-0.1, -0.05) is 11.6 Å². The molecule has 3 aromatic rings. The van der Waals surface area contributed by atoms with Crippen molar-refractivity contribution in [2.45, 2.75) is 19.0 Å². The van der Waals surface area contributed by atoms with Crippen LogP contribution in [0.2, 0.25) is 5.02 Å². The van der Waals surface area contributed by atoms with Crippen LogP contribution in [0.3, 0.4) is 0 Å². The Morgan fingerprint density at radius 1 is 1.28 bits per heavy atom. The monoisotopic (exact) mass is 356 g/mol. The van der Waals surface area contributed by atoms with Crippen LogP contribution >= 0.6 is 11.6 Å². The molecule has 0 fully saturated rings. The van der Waals surface area contributed by atoms with Crippen LogP contribution in [0.1, 0.15) is 23.2 Å². The Hall–Kier alpha value is -2.57. The zero-order valence-electron chi connectivity index (χ0n) is 13.4. The minimum absolute atomic E-state index is 0.113. The summed E-state index contributed by atoms with van der Waals surface area (Å²) in [4.78, 5) is 19.8. The molecule has 1 amide bonds. The number of imidazole rings is 1. The number of nitrogens with one attached hydrogen (secondary N) is 3. The van der Waals surface area contributed by atoms with E-state index in [1.54, 1.807) is 6.33 Å². The summed E-state index contributed by atoms with van der Waals surface area (Å²) in [6.45, 7) is 1.07. The van der Waals surface area contributed by atoms with Crippen molar-refractivity contribution in [2.75, 3.05) is 6.54 Å². The van der Waals surface area contributed by atoms with Crippen LogP contribution in [0.25, 0.3) is 11.3 Å². The van der Waals surface area contributed by atoms with Gasteiger partial charge in [0.1, 0.15) is 17.6 Å². The molecule has 0 aliphatic carbocycles. The van der Waals surface area contributed by atoms with Gasteiger partial charge >= 0.3 is 0 Å². The van der Waals surface area contributed by atoms with Crippen molar-refractivity contribution in [1.82, 2.24) is 20.6 Å². The van der Waals surface area contributed by atoms with Crippen LogP contribution in [0.4, 0.5) is 0 Å². The molecule has 2 aromatic heterocycles. The number of carbonyl (C=O) groups is 1. The number of hydrogen-bond acceptors (Lipinski definition) is 4. The number of furan rings is 1. The Balaban J connectivity index is 1.41. The molecule has 0 saturated heterocycles. The van der Waals surface area contributed by atoms with Gasteiger partial charge < -0.3 is 20.0 Å². The Morgan fingerprint density at radius 2 is 2.12 bits per heavy atom. The minimum atomic E-state index is -0.430. The molecule has 0 saturated carbocycles. The minimum Gasteiger partial charge on any atom is -0.459 e. The fourth-order valence-corrected chi connectivity index (χ4v) is 3.08. The highest BCUT2D eigenvalue weighted by molar-refractivity contribution is 6.30. The summed E-state index contributed by atoms with van der Waals surface area (Å²) in [7, 11) is 0. The first-order valence-corrected chi connectivity index (χ1v) is 8.46. The molecule has 1 aromatic carbocycles. The smallest absolute Gasteiger partial charge is 0.243 e. The van der Waals surface area contributed by atoms with E-state index < -0.39 is 6.04 Å². The Labute approximate surface area is 149 Å². The second kappa shape index (κ2) is 6.74. The number of benzene rings is 1. The molecule has 1 atom stereocenters. The Morgan fingerprint density at radius 3 is 2.96 bits per heavy atom. The average molecular weight is 357 g/mol. The van der Waals surface area contributed by atoms with Gasteiger partial charge in [-0.15, -0.1) is 0 Å². The van der Waals surface area contributed by atoms with Crippen LogP contribution in [0.5, 0.6) is 0 Å². The van der Waals surface area contributed by atoms with Crippen LogP contribution in [-0.4, -0.2) is 22.4 Å². The lowest BCUT2D eigenvalue weighted by atomic mass is 10.1. The molecule has 3 N–H and O–H groups in total. The fraction of sp³-hybridized carbons (Fsp3) is 0.222. The van der Waals surface area contributed by atoms with Gasteiger partial charge in [0, 0.05) is 29.2 Å². The second-order valence-electron chi connectivity index (χ2n) is 5.89. The van der Waals surface area contributed by atoms with E-state index in [-0.39, 0.29) is 5.91 Å². The van der Waals surface area contributed by atoms with E-state index in [1.165, 1.54) is 0 Å². The van der Waals surface area contributed by atoms with Crippen molar-refractivity contribution >= 4 is 17.5 Å². The summed E-state index contributed by atoms with van der Waals surface area (Å²) in [5, 5.41) is 6.78. The third kappa shape index (κ3) is 3.31. The lowest BCUT2D eigenvalue weighted by Gasteiger charge is -2.21. The van der Waals surface area contributed by atoms with Gasteiger partial charge in [0.15, 0.2) is 0 Å². The summed E-state index contributed by atoms with van der Waals surface area (Å²) in [6, 6.07) is 10.7. The summed E-state index contributed by atoms with van der Waals surface area (Å²) in [5.74, 6) is 1.32. The molecule has 128 valence electrons. The van der Waals surface area contributed by atoms with Crippen molar-refractivity contribution in [3.8, 4) is 11.3 Å². The first-order chi connectivity index (χ1) is 12.2. The molecule has 0 spiro atoms. The number of aromatic amines is 1. The quantitative estimate of drug-likeness (QED) is 0.671. The lowest BCUT2D eigenvalue weighted by Crippen LogP contribution is -2.41. The molecule has 6 nitrogen and oxygen atoms in total. The van der Waals surface area contributed by atoms with Crippen molar-refractivity contribution in [3.63, 3.8) is 0 Å². The predicted octanol–water partition coefficient (Wildman–Crippen LogP) is 2.83. The van der Waals surface area contributed by atoms with Gasteiger partial charge in [-0.2, -0.15) is 0 Å². The van der Waals surface area contributed by atoms with Crippen LogP contribution in [0.15, 0.2) is 47.1 Å². The number of aromatic nitrogens is 2. The standard InChI is InChI=1S/C18H17ClN4O2/c19-12-3-1-11(2-4-12)15-6-5-13(25-15)9-21-18(24)17-16-14(7-8-20-17)22-10-23-16/h1-6,10,17,20H,7-9H2,(H,21,24)(H,22,23). The number of amides is 1.